The molecule has 1 aromatic heterocycles. The van der Waals surface area contributed by atoms with Crippen LogP contribution in [-0.4, -0.2) is 36.0 Å². The molecule has 1 saturated carbocycles. The van der Waals surface area contributed by atoms with Crippen LogP contribution in [0, 0.1) is 6.92 Å². The zero-order chi connectivity index (χ0) is 11.7. The van der Waals surface area contributed by atoms with Gasteiger partial charge in [0.2, 0.25) is 0 Å². The summed E-state index contributed by atoms with van der Waals surface area (Å²) in [6.07, 6.45) is 4.04. The summed E-state index contributed by atoms with van der Waals surface area (Å²) in [4.78, 5) is 17.6. The second-order valence-corrected chi connectivity index (χ2v) is 4.34. The quantitative estimate of drug-likeness (QED) is 0.777. The Morgan fingerprint density at radius 1 is 1.50 bits per heavy atom. The van der Waals surface area contributed by atoms with Crippen LogP contribution in [0.4, 0.5) is 0 Å². The van der Waals surface area contributed by atoms with E-state index in [1.807, 2.05) is 13.0 Å². The number of nitrogens with zero attached hydrogens (tertiary/aromatic N) is 2. The summed E-state index contributed by atoms with van der Waals surface area (Å²) < 4.78 is 5.72. The summed E-state index contributed by atoms with van der Waals surface area (Å²) in [7, 11) is 3.45. The van der Waals surface area contributed by atoms with Gasteiger partial charge in [-0.1, -0.05) is 0 Å². The normalized spacial score (nSPS) is 14.7. The standard InChI is InChI=1S/C12H16N2O2/c1-8-6-11(16-9-4-5-9)10(7-13-8)12(15)14(2)3/h6-7,9H,4-5H2,1-3H3. The van der Waals surface area contributed by atoms with Gasteiger partial charge in [0.05, 0.1) is 11.7 Å². The van der Waals surface area contributed by atoms with Gasteiger partial charge in [0.15, 0.2) is 0 Å². The van der Waals surface area contributed by atoms with Crippen LogP contribution in [-0.2, 0) is 0 Å². The molecule has 0 unspecified atom stereocenters. The highest BCUT2D eigenvalue weighted by Gasteiger charge is 2.26. The van der Waals surface area contributed by atoms with Crippen LogP contribution in [0.2, 0.25) is 0 Å². The average Bonchev–Trinajstić information content (AvgIpc) is 3.01. The molecule has 0 spiro atoms. The summed E-state index contributed by atoms with van der Waals surface area (Å²) in [5, 5.41) is 0. The second-order valence-electron chi connectivity index (χ2n) is 4.34. The first-order valence-corrected chi connectivity index (χ1v) is 5.43. The molecule has 1 fully saturated rings. The van der Waals surface area contributed by atoms with Crippen molar-refractivity contribution in [2.24, 2.45) is 0 Å². The van der Waals surface area contributed by atoms with Crippen molar-refractivity contribution in [2.75, 3.05) is 14.1 Å². The molecule has 4 nitrogen and oxygen atoms in total. The third-order valence-corrected chi connectivity index (χ3v) is 2.46. The Bertz CT molecular complexity index is 411. The molecule has 1 heterocycles. The third kappa shape index (κ3) is 2.32. The van der Waals surface area contributed by atoms with Crippen molar-refractivity contribution in [1.29, 1.82) is 0 Å². The van der Waals surface area contributed by atoms with E-state index < -0.39 is 0 Å². The largest absolute Gasteiger partial charge is 0.489 e. The van der Waals surface area contributed by atoms with Crippen LogP contribution in [0.15, 0.2) is 12.3 Å². The van der Waals surface area contributed by atoms with Crippen LogP contribution in [0.25, 0.3) is 0 Å². The fourth-order valence-corrected chi connectivity index (χ4v) is 1.40. The minimum Gasteiger partial charge on any atom is -0.489 e. The van der Waals surface area contributed by atoms with Crippen molar-refractivity contribution in [3.8, 4) is 5.75 Å². The summed E-state index contributed by atoms with van der Waals surface area (Å²) in [6.45, 7) is 1.89. The summed E-state index contributed by atoms with van der Waals surface area (Å²) in [6, 6.07) is 1.83. The smallest absolute Gasteiger partial charge is 0.258 e. The molecule has 4 heteroatoms. The number of amides is 1. The highest BCUT2D eigenvalue weighted by molar-refractivity contribution is 5.96. The van der Waals surface area contributed by atoms with Crippen LogP contribution >= 0.6 is 0 Å². The van der Waals surface area contributed by atoms with E-state index in [9.17, 15) is 4.79 Å². The minimum absolute atomic E-state index is 0.0665. The number of ether oxygens (including phenoxy) is 1. The predicted octanol–water partition coefficient (Wildman–Crippen LogP) is 1.63. The van der Waals surface area contributed by atoms with Gasteiger partial charge in [-0.15, -0.1) is 0 Å². The van der Waals surface area contributed by atoms with E-state index in [-0.39, 0.29) is 12.0 Å². The van der Waals surface area contributed by atoms with Crippen molar-refractivity contribution in [1.82, 2.24) is 9.88 Å². The molecule has 0 aromatic carbocycles. The maximum atomic E-state index is 11.9. The number of aromatic nitrogens is 1. The highest BCUT2D eigenvalue weighted by atomic mass is 16.5. The molecule has 0 atom stereocenters. The Morgan fingerprint density at radius 3 is 2.75 bits per heavy atom. The number of carbonyl (C=O) groups excluding carboxylic acids is 1. The van der Waals surface area contributed by atoms with Gasteiger partial charge in [0, 0.05) is 32.1 Å². The molecule has 0 aliphatic heterocycles. The molecule has 0 bridgehead atoms. The number of carbonyl (C=O) groups is 1. The molecule has 1 aromatic rings. The van der Waals surface area contributed by atoms with Gasteiger partial charge >= 0.3 is 0 Å². The first-order chi connectivity index (χ1) is 7.58. The summed E-state index contributed by atoms with van der Waals surface area (Å²) in [5.74, 6) is 0.594. The lowest BCUT2D eigenvalue weighted by atomic mass is 10.2. The number of pyridine rings is 1. The van der Waals surface area contributed by atoms with Gasteiger partial charge in [-0.25, -0.2) is 0 Å². The lowest BCUT2D eigenvalue weighted by Crippen LogP contribution is -2.23. The van der Waals surface area contributed by atoms with Gasteiger partial charge in [-0.05, 0) is 19.8 Å². The van der Waals surface area contributed by atoms with E-state index in [2.05, 4.69) is 4.98 Å². The summed E-state index contributed by atoms with van der Waals surface area (Å²) >= 11 is 0. The van der Waals surface area contributed by atoms with Crippen LogP contribution < -0.4 is 4.74 Å². The van der Waals surface area contributed by atoms with E-state index >= 15 is 0 Å². The molecule has 0 N–H and O–H groups in total. The molecule has 1 aliphatic rings. The second kappa shape index (κ2) is 4.12. The average molecular weight is 220 g/mol. The number of rotatable bonds is 3. The van der Waals surface area contributed by atoms with E-state index in [1.165, 1.54) is 4.90 Å². The van der Waals surface area contributed by atoms with Crippen molar-refractivity contribution in [3.63, 3.8) is 0 Å². The molecular formula is C12H16N2O2. The lowest BCUT2D eigenvalue weighted by Gasteiger charge is -2.14. The Morgan fingerprint density at radius 2 is 2.19 bits per heavy atom. The van der Waals surface area contributed by atoms with Gasteiger partial charge < -0.3 is 9.64 Å². The zero-order valence-electron chi connectivity index (χ0n) is 9.86. The van der Waals surface area contributed by atoms with Crippen LogP contribution in [0.1, 0.15) is 28.9 Å². The highest BCUT2D eigenvalue weighted by Crippen LogP contribution is 2.29. The van der Waals surface area contributed by atoms with Crippen LogP contribution in [0.3, 0.4) is 0 Å². The zero-order valence-corrected chi connectivity index (χ0v) is 9.86. The van der Waals surface area contributed by atoms with Crippen molar-refractivity contribution >= 4 is 5.91 Å². The first kappa shape index (κ1) is 10.9. The number of hydrogen-bond acceptors (Lipinski definition) is 3. The van der Waals surface area contributed by atoms with E-state index in [1.54, 1.807) is 20.3 Å². The molecule has 0 saturated heterocycles. The maximum absolute atomic E-state index is 11.9. The third-order valence-electron chi connectivity index (χ3n) is 2.46. The first-order valence-electron chi connectivity index (χ1n) is 5.43. The fraction of sp³-hybridized carbons (Fsp3) is 0.500. The Hall–Kier alpha value is -1.58. The Labute approximate surface area is 95.2 Å². The monoisotopic (exact) mass is 220 g/mol. The number of aryl methyl sites for hydroxylation is 1. The molecule has 86 valence electrons. The fourth-order valence-electron chi connectivity index (χ4n) is 1.40. The molecule has 2 rings (SSSR count). The van der Waals surface area contributed by atoms with E-state index in [0.29, 0.717) is 11.3 Å². The van der Waals surface area contributed by atoms with Crippen molar-refractivity contribution in [3.05, 3.63) is 23.5 Å². The molecule has 0 radical (unpaired) electrons. The van der Waals surface area contributed by atoms with Gasteiger partial charge in [0.25, 0.3) is 5.91 Å². The topological polar surface area (TPSA) is 42.4 Å². The molecular weight excluding hydrogens is 204 g/mol. The Kier molecular flexibility index (Phi) is 2.81. The van der Waals surface area contributed by atoms with Crippen molar-refractivity contribution in [2.45, 2.75) is 25.9 Å². The molecule has 1 amide bonds. The van der Waals surface area contributed by atoms with Gasteiger partial charge in [0.1, 0.15) is 5.75 Å². The lowest BCUT2D eigenvalue weighted by molar-refractivity contribution is 0.0822. The van der Waals surface area contributed by atoms with E-state index in [0.717, 1.165) is 18.5 Å². The van der Waals surface area contributed by atoms with Crippen molar-refractivity contribution < 1.29 is 9.53 Å². The summed E-state index contributed by atoms with van der Waals surface area (Å²) in [5.41, 5.74) is 1.41. The maximum Gasteiger partial charge on any atom is 0.258 e. The number of hydrogen-bond donors (Lipinski definition) is 0. The van der Waals surface area contributed by atoms with Crippen LogP contribution in [0.5, 0.6) is 5.75 Å². The molecule has 16 heavy (non-hydrogen) atoms. The van der Waals surface area contributed by atoms with Gasteiger partial charge in [-0.2, -0.15) is 0 Å². The van der Waals surface area contributed by atoms with E-state index in [4.69, 9.17) is 4.74 Å². The minimum atomic E-state index is -0.0665. The van der Waals surface area contributed by atoms with Gasteiger partial charge in [-0.3, -0.25) is 9.78 Å². The SMILES string of the molecule is Cc1cc(OC2CC2)c(C(=O)N(C)C)cn1. The predicted molar refractivity (Wildman–Crippen MR) is 60.6 cm³/mol. The Balaban J connectivity index is 2.30. The molecule has 1 aliphatic carbocycles.